The minimum absolute atomic E-state index is 0.286. The van der Waals surface area contributed by atoms with Crippen LogP contribution in [0.3, 0.4) is 0 Å². The van der Waals surface area contributed by atoms with Crippen LogP contribution in [-0.4, -0.2) is 21.0 Å². The first kappa shape index (κ1) is 8.74. The van der Waals surface area contributed by atoms with Crippen molar-refractivity contribution in [2.24, 2.45) is 0 Å². The molecule has 2 heterocycles. The molecule has 2 aromatic heterocycles. The van der Waals surface area contributed by atoms with Crippen LogP contribution in [0.2, 0.25) is 0 Å². The summed E-state index contributed by atoms with van der Waals surface area (Å²) in [4.78, 5) is 17.9. The molecule has 0 radical (unpaired) electrons. The Morgan fingerprint density at radius 3 is 2.86 bits per heavy atom. The fourth-order valence-electron chi connectivity index (χ4n) is 1.52. The number of nitrogens with zero attached hydrogens (tertiary/aromatic N) is 1. The third-order valence-corrected chi connectivity index (χ3v) is 2.44. The molecule has 0 saturated heterocycles. The zero-order valence-electron chi connectivity index (χ0n) is 7.96. The number of aromatic amines is 1. The predicted octanol–water partition coefficient (Wildman–Crippen LogP) is 1.88. The first-order valence-corrected chi connectivity index (χ1v) is 4.28. The van der Waals surface area contributed by atoms with Gasteiger partial charge in [-0.25, -0.2) is 9.78 Å². The van der Waals surface area contributed by atoms with Crippen LogP contribution >= 0.6 is 0 Å². The number of H-pyrrole nitrogens is 1. The van der Waals surface area contributed by atoms with Crippen molar-refractivity contribution in [3.8, 4) is 0 Å². The van der Waals surface area contributed by atoms with Crippen molar-refractivity contribution in [2.75, 3.05) is 0 Å². The second-order valence-corrected chi connectivity index (χ2v) is 3.30. The molecule has 0 unspecified atom stereocenters. The smallest absolute Gasteiger partial charge is 0.337 e. The molecule has 0 amide bonds. The van der Waals surface area contributed by atoms with Crippen LogP contribution in [0.5, 0.6) is 0 Å². The Morgan fingerprint density at radius 2 is 2.21 bits per heavy atom. The van der Waals surface area contributed by atoms with Gasteiger partial charge in [0.1, 0.15) is 5.65 Å². The van der Waals surface area contributed by atoms with Crippen LogP contribution in [0, 0.1) is 13.8 Å². The Balaban J connectivity index is 2.89. The van der Waals surface area contributed by atoms with E-state index in [4.69, 9.17) is 5.11 Å². The molecule has 2 aromatic rings. The summed E-state index contributed by atoms with van der Waals surface area (Å²) in [7, 11) is 0. The Kier molecular flexibility index (Phi) is 1.77. The average molecular weight is 190 g/mol. The maximum Gasteiger partial charge on any atom is 0.337 e. The maximum atomic E-state index is 10.9. The van der Waals surface area contributed by atoms with Crippen LogP contribution in [0.25, 0.3) is 11.0 Å². The summed E-state index contributed by atoms with van der Waals surface area (Å²) in [5.41, 5.74) is 2.88. The largest absolute Gasteiger partial charge is 0.478 e. The number of hydrogen-bond donors (Lipinski definition) is 2. The van der Waals surface area contributed by atoms with Gasteiger partial charge in [-0.15, -0.1) is 0 Å². The number of aryl methyl sites for hydroxylation is 2. The molecule has 14 heavy (non-hydrogen) atoms. The SMILES string of the molecule is Cc1cnc2[nH]cc(C(=O)O)c2c1C. The molecular formula is C10H10N2O2. The van der Waals surface area contributed by atoms with E-state index < -0.39 is 5.97 Å². The Labute approximate surface area is 80.6 Å². The van der Waals surface area contributed by atoms with Crippen molar-refractivity contribution < 1.29 is 9.90 Å². The number of carboxylic acid groups (broad SMARTS) is 1. The second kappa shape index (κ2) is 2.83. The second-order valence-electron chi connectivity index (χ2n) is 3.30. The molecule has 0 aliphatic carbocycles. The van der Waals surface area contributed by atoms with Gasteiger partial charge in [0.2, 0.25) is 0 Å². The quantitative estimate of drug-likeness (QED) is 0.721. The highest BCUT2D eigenvalue weighted by Gasteiger charge is 2.13. The van der Waals surface area contributed by atoms with Crippen LogP contribution in [0.15, 0.2) is 12.4 Å². The summed E-state index contributed by atoms with van der Waals surface area (Å²) in [5, 5.41) is 9.65. The number of hydrogen-bond acceptors (Lipinski definition) is 2. The van der Waals surface area contributed by atoms with Gasteiger partial charge in [0.25, 0.3) is 0 Å². The maximum absolute atomic E-state index is 10.9. The van der Waals surface area contributed by atoms with Crippen LogP contribution < -0.4 is 0 Å². The van der Waals surface area contributed by atoms with Gasteiger partial charge >= 0.3 is 5.97 Å². The lowest BCUT2D eigenvalue weighted by molar-refractivity contribution is 0.0699. The van der Waals surface area contributed by atoms with Crippen molar-refractivity contribution in [1.82, 2.24) is 9.97 Å². The Bertz CT molecular complexity index is 514. The molecule has 2 N–H and O–H groups in total. The van der Waals surface area contributed by atoms with E-state index in [1.54, 1.807) is 6.20 Å². The van der Waals surface area contributed by atoms with Gasteiger partial charge in [0, 0.05) is 17.8 Å². The normalized spacial score (nSPS) is 10.7. The monoisotopic (exact) mass is 190 g/mol. The number of carboxylic acids is 1. The van der Waals surface area contributed by atoms with Crippen molar-refractivity contribution in [1.29, 1.82) is 0 Å². The highest BCUT2D eigenvalue weighted by Crippen LogP contribution is 2.22. The lowest BCUT2D eigenvalue weighted by atomic mass is 10.1. The van der Waals surface area contributed by atoms with Gasteiger partial charge < -0.3 is 10.1 Å². The molecule has 0 fully saturated rings. The average Bonchev–Trinajstić information content (AvgIpc) is 2.55. The van der Waals surface area contributed by atoms with Gasteiger partial charge in [0.15, 0.2) is 0 Å². The van der Waals surface area contributed by atoms with E-state index in [1.807, 2.05) is 13.8 Å². The molecule has 0 aromatic carbocycles. The number of fused-ring (bicyclic) bond motifs is 1. The molecular weight excluding hydrogens is 180 g/mol. The van der Waals surface area contributed by atoms with Crippen molar-refractivity contribution in [2.45, 2.75) is 13.8 Å². The molecule has 0 bridgehead atoms. The van der Waals surface area contributed by atoms with E-state index in [1.165, 1.54) is 6.20 Å². The van der Waals surface area contributed by atoms with Crippen LogP contribution in [0.4, 0.5) is 0 Å². The lowest BCUT2D eigenvalue weighted by Gasteiger charge is -2.01. The van der Waals surface area contributed by atoms with E-state index in [0.29, 0.717) is 11.0 Å². The van der Waals surface area contributed by atoms with Gasteiger partial charge in [-0.2, -0.15) is 0 Å². The van der Waals surface area contributed by atoms with Gasteiger partial charge in [-0.3, -0.25) is 0 Å². The molecule has 0 saturated carbocycles. The zero-order valence-corrected chi connectivity index (χ0v) is 7.96. The highest BCUT2D eigenvalue weighted by atomic mass is 16.4. The summed E-state index contributed by atoms with van der Waals surface area (Å²) in [6, 6.07) is 0. The third kappa shape index (κ3) is 1.08. The van der Waals surface area contributed by atoms with Crippen LogP contribution in [-0.2, 0) is 0 Å². The molecule has 0 aliphatic rings. The van der Waals surface area contributed by atoms with E-state index in [0.717, 1.165) is 11.1 Å². The summed E-state index contributed by atoms with van der Waals surface area (Å²) >= 11 is 0. The molecule has 0 aliphatic heterocycles. The summed E-state index contributed by atoms with van der Waals surface area (Å²) in [6.45, 7) is 3.82. The molecule has 2 rings (SSSR count). The molecule has 4 heteroatoms. The van der Waals surface area contributed by atoms with Crippen molar-refractivity contribution in [3.05, 3.63) is 29.1 Å². The summed E-state index contributed by atoms with van der Waals surface area (Å²) in [6.07, 6.45) is 3.21. The van der Waals surface area contributed by atoms with E-state index in [2.05, 4.69) is 9.97 Å². The fourth-order valence-corrected chi connectivity index (χ4v) is 1.52. The Hall–Kier alpha value is -1.84. The van der Waals surface area contributed by atoms with E-state index >= 15 is 0 Å². The van der Waals surface area contributed by atoms with E-state index in [-0.39, 0.29) is 5.56 Å². The minimum atomic E-state index is -0.924. The number of aromatic nitrogens is 2. The van der Waals surface area contributed by atoms with Crippen LogP contribution in [0.1, 0.15) is 21.5 Å². The lowest BCUT2D eigenvalue weighted by Crippen LogP contribution is -1.96. The number of carbonyl (C=O) groups is 1. The number of pyridine rings is 1. The highest BCUT2D eigenvalue weighted by molar-refractivity contribution is 6.03. The molecule has 4 nitrogen and oxygen atoms in total. The summed E-state index contributed by atoms with van der Waals surface area (Å²) < 4.78 is 0. The molecule has 72 valence electrons. The third-order valence-electron chi connectivity index (χ3n) is 2.44. The first-order valence-electron chi connectivity index (χ1n) is 4.28. The van der Waals surface area contributed by atoms with Crippen molar-refractivity contribution in [3.63, 3.8) is 0 Å². The summed E-state index contributed by atoms with van der Waals surface area (Å²) in [5.74, 6) is -0.924. The standard InChI is InChI=1S/C10H10N2O2/c1-5-3-11-9-8(6(5)2)7(4-12-9)10(13)14/h3-4H,1-2H3,(H,11,12)(H,13,14). The van der Waals surface area contributed by atoms with Crippen molar-refractivity contribution >= 4 is 17.0 Å². The number of aromatic carboxylic acids is 1. The minimum Gasteiger partial charge on any atom is -0.478 e. The van der Waals surface area contributed by atoms with Gasteiger partial charge in [-0.1, -0.05) is 0 Å². The van der Waals surface area contributed by atoms with E-state index in [9.17, 15) is 4.79 Å². The predicted molar refractivity (Wildman–Crippen MR) is 52.5 cm³/mol. The zero-order chi connectivity index (χ0) is 10.3. The first-order chi connectivity index (χ1) is 6.61. The topological polar surface area (TPSA) is 66.0 Å². The molecule has 0 atom stereocenters. The Morgan fingerprint density at radius 1 is 1.50 bits per heavy atom. The fraction of sp³-hybridized carbons (Fsp3) is 0.200. The number of rotatable bonds is 1. The van der Waals surface area contributed by atoms with Gasteiger partial charge in [0.05, 0.1) is 5.56 Å². The molecule has 0 spiro atoms. The number of nitrogens with one attached hydrogen (secondary N) is 1. The van der Waals surface area contributed by atoms with Gasteiger partial charge in [-0.05, 0) is 25.0 Å².